The molecule has 134 valence electrons. The summed E-state index contributed by atoms with van der Waals surface area (Å²) in [4.78, 5) is 14.3. The Labute approximate surface area is 148 Å². The molecule has 1 aromatic carbocycles. The van der Waals surface area contributed by atoms with Crippen LogP contribution in [0.5, 0.6) is 0 Å². The topological polar surface area (TPSA) is 61.7 Å². The normalized spacial score (nSPS) is 24.0. The molecule has 2 aromatic rings. The lowest BCUT2D eigenvalue weighted by atomic mass is 10.1. The van der Waals surface area contributed by atoms with E-state index >= 15 is 0 Å². The van der Waals surface area contributed by atoms with Crippen LogP contribution in [0.1, 0.15) is 19.3 Å². The van der Waals surface area contributed by atoms with Gasteiger partial charge in [-0.3, -0.25) is 0 Å². The summed E-state index contributed by atoms with van der Waals surface area (Å²) in [5.41, 5.74) is 1.83. The molecule has 1 aliphatic carbocycles. The summed E-state index contributed by atoms with van der Waals surface area (Å²) in [6, 6.07) is 8.01. The Balaban J connectivity index is 1.69. The van der Waals surface area contributed by atoms with Gasteiger partial charge < -0.3 is 19.6 Å². The van der Waals surface area contributed by atoms with Gasteiger partial charge in [0.1, 0.15) is 0 Å². The van der Waals surface area contributed by atoms with Crippen LogP contribution in [0.3, 0.4) is 0 Å². The van der Waals surface area contributed by atoms with Crippen molar-refractivity contribution in [1.29, 1.82) is 0 Å². The van der Waals surface area contributed by atoms with Crippen molar-refractivity contribution in [2.75, 3.05) is 49.7 Å². The Hall–Kier alpha value is -1.92. The lowest BCUT2D eigenvalue weighted by Crippen LogP contribution is -2.39. The predicted molar refractivity (Wildman–Crippen MR) is 99.2 cm³/mol. The fraction of sp³-hybridized carbons (Fsp3) is 0.579. The highest BCUT2D eigenvalue weighted by molar-refractivity contribution is 5.80. The lowest BCUT2D eigenvalue weighted by Gasteiger charge is -2.32. The largest absolute Gasteiger partial charge is 0.393 e. The van der Waals surface area contributed by atoms with E-state index in [9.17, 15) is 5.11 Å². The van der Waals surface area contributed by atoms with Crippen LogP contribution in [0.2, 0.25) is 0 Å². The van der Waals surface area contributed by atoms with Crippen LogP contribution in [-0.2, 0) is 4.74 Å². The molecule has 0 unspecified atom stereocenters. The summed E-state index contributed by atoms with van der Waals surface area (Å²) < 4.78 is 5.49. The fourth-order valence-electron chi connectivity index (χ4n) is 3.89. The van der Waals surface area contributed by atoms with Crippen LogP contribution in [0, 0.1) is 5.92 Å². The van der Waals surface area contributed by atoms with Crippen molar-refractivity contribution >= 4 is 22.7 Å². The number of hydrogen-bond donors (Lipinski definition) is 1. The monoisotopic (exact) mass is 342 g/mol. The first-order valence-electron chi connectivity index (χ1n) is 9.21. The predicted octanol–water partition coefficient (Wildman–Crippen LogP) is 2.06. The van der Waals surface area contributed by atoms with Gasteiger partial charge in [-0.2, -0.15) is 0 Å². The summed E-state index contributed by atoms with van der Waals surface area (Å²) in [6.45, 7) is 3.92. The third-order valence-electron chi connectivity index (χ3n) is 5.33. The van der Waals surface area contributed by atoms with Gasteiger partial charge in [0.05, 0.1) is 30.4 Å². The summed E-state index contributed by atoms with van der Waals surface area (Å²) in [5.74, 6) is 2.15. The second-order valence-electron chi connectivity index (χ2n) is 7.10. The third-order valence-corrected chi connectivity index (χ3v) is 5.33. The molecule has 2 heterocycles. The Morgan fingerprint density at radius 1 is 1.16 bits per heavy atom. The van der Waals surface area contributed by atoms with Gasteiger partial charge in [0.2, 0.25) is 0 Å². The van der Waals surface area contributed by atoms with E-state index in [2.05, 4.69) is 16.8 Å². The van der Waals surface area contributed by atoms with E-state index in [1.165, 1.54) is 0 Å². The molecule has 1 aliphatic heterocycles. The number of nitrogens with zero attached hydrogens (tertiary/aromatic N) is 4. The Kier molecular flexibility index (Phi) is 4.72. The molecule has 0 spiro atoms. The van der Waals surface area contributed by atoms with Crippen LogP contribution in [0.25, 0.3) is 11.0 Å². The average Bonchev–Trinajstić information content (AvgIpc) is 3.06. The molecule has 1 saturated heterocycles. The first kappa shape index (κ1) is 16.5. The zero-order chi connectivity index (χ0) is 17.2. The van der Waals surface area contributed by atoms with E-state index in [-0.39, 0.29) is 6.10 Å². The molecular weight excluding hydrogens is 316 g/mol. The Morgan fingerprint density at radius 2 is 1.88 bits per heavy atom. The number of fused-ring (bicyclic) bond motifs is 1. The molecule has 1 saturated carbocycles. The molecule has 6 nitrogen and oxygen atoms in total. The molecule has 4 rings (SSSR count). The maximum atomic E-state index is 10.2. The maximum Gasteiger partial charge on any atom is 0.172 e. The Morgan fingerprint density at radius 3 is 2.56 bits per heavy atom. The van der Waals surface area contributed by atoms with Crippen molar-refractivity contribution in [3.05, 3.63) is 24.3 Å². The number of aliphatic hydroxyl groups is 1. The second-order valence-corrected chi connectivity index (χ2v) is 7.10. The average molecular weight is 342 g/mol. The van der Waals surface area contributed by atoms with Crippen LogP contribution in [-0.4, -0.2) is 61.1 Å². The summed E-state index contributed by atoms with van der Waals surface area (Å²) in [7, 11) is 2.06. The van der Waals surface area contributed by atoms with Gasteiger partial charge >= 0.3 is 0 Å². The van der Waals surface area contributed by atoms with Crippen LogP contribution < -0.4 is 9.80 Å². The first-order chi connectivity index (χ1) is 12.2. The number of benzene rings is 1. The van der Waals surface area contributed by atoms with Crippen LogP contribution in [0.4, 0.5) is 11.6 Å². The minimum Gasteiger partial charge on any atom is -0.393 e. The van der Waals surface area contributed by atoms with E-state index in [1.807, 2.05) is 24.3 Å². The molecule has 0 radical (unpaired) electrons. The van der Waals surface area contributed by atoms with Crippen molar-refractivity contribution < 1.29 is 9.84 Å². The number of aliphatic hydroxyl groups excluding tert-OH is 1. The van der Waals surface area contributed by atoms with Gasteiger partial charge in [0.15, 0.2) is 11.6 Å². The number of para-hydroxylation sites is 2. The van der Waals surface area contributed by atoms with E-state index in [4.69, 9.17) is 14.7 Å². The highest BCUT2D eigenvalue weighted by Crippen LogP contribution is 2.31. The molecule has 1 N–H and O–H groups in total. The molecule has 25 heavy (non-hydrogen) atoms. The molecule has 2 atom stereocenters. The van der Waals surface area contributed by atoms with Gasteiger partial charge in [0.25, 0.3) is 0 Å². The smallest absolute Gasteiger partial charge is 0.172 e. The molecular formula is C19H26N4O2. The quantitative estimate of drug-likeness (QED) is 0.918. The summed E-state index contributed by atoms with van der Waals surface area (Å²) >= 11 is 0. The Bertz CT molecular complexity index is 732. The molecule has 2 aliphatic rings. The molecule has 1 aromatic heterocycles. The van der Waals surface area contributed by atoms with Crippen LogP contribution in [0.15, 0.2) is 24.3 Å². The number of aromatic nitrogens is 2. The van der Waals surface area contributed by atoms with Gasteiger partial charge in [-0.1, -0.05) is 18.6 Å². The molecule has 6 heteroatoms. The zero-order valence-electron chi connectivity index (χ0n) is 14.8. The van der Waals surface area contributed by atoms with Gasteiger partial charge in [-0.25, -0.2) is 9.97 Å². The van der Waals surface area contributed by atoms with Gasteiger partial charge in [-0.15, -0.1) is 0 Å². The summed E-state index contributed by atoms with van der Waals surface area (Å²) in [5, 5.41) is 10.2. The van der Waals surface area contributed by atoms with Crippen molar-refractivity contribution in [1.82, 2.24) is 9.97 Å². The third kappa shape index (κ3) is 3.41. The van der Waals surface area contributed by atoms with E-state index in [1.54, 1.807) is 0 Å². The highest BCUT2D eigenvalue weighted by Gasteiger charge is 2.28. The number of morpholine rings is 1. The van der Waals surface area contributed by atoms with Crippen LogP contribution >= 0.6 is 0 Å². The number of anilines is 2. The zero-order valence-corrected chi connectivity index (χ0v) is 14.8. The standard InChI is InChI=1S/C19H26N4O2/c1-22(13-14-5-4-8-17(14)24)18-19(23-9-11-25-12-10-23)21-16-7-3-2-6-15(16)20-18/h2-3,6-7,14,17,24H,4-5,8-13H2,1H3/t14-,17-/m1/s1. The van der Waals surface area contributed by atoms with Crippen molar-refractivity contribution in [3.63, 3.8) is 0 Å². The summed E-state index contributed by atoms with van der Waals surface area (Å²) in [6.07, 6.45) is 2.92. The van der Waals surface area contributed by atoms with Gasteiger partial charge in [-0.05, 0) is 25.0 Å². The fourth-order valence-corrected chi connectivity index (χ4v) is 3.89. The molecule has 2 fully saturated rings. The van der Waals surface area contributed by atoms with E-state index in [0.717, 1.165) is 74.8 Å². The number of hydrogen-bond acceptors (Lipinski definition) is 6. The molecule has 0 amide bonds. The van der Waals surface area contributed by atoms with E-state index in [0.29, 0.717) is 5.92 Å². The second kappa shape index (κ2) is 7.14. The SMILES string of the molecule is CN(C[C@H]1CCC[C@H]1O)c1nc2ccccc2nc1N1CCOCC1. The minimum atomic E-state index is -0.192. The molecule has 0 bridgehead atoms. The first-order valence-corrected chi connectivity index (χ1v) is 9.21. The van der Waals surface area contributed by atoms with Crippen molar-refractivity contribution in [3.8, 4) is 0 Å². The number of ether oxygens (including phenoxy) is 1. The van der Waals surface area contributed by atoms with Crippen molar-refractivity contribution in [2.45, 2.75) is 25.4 Å². The maximum absolute atomic E-state index is 10.2. The van der Waals surface area contributed by atoms with Crippen molar-refractivity contribution in [2.24, 2.45) is 5.92 Å². The minimum absolute atomic E-state index is 0.192. The number of rotatable bonds is 4. The highest BCUT2D eigenvalue weighted by atomic mass is 16.5. The van der Waals surface area contributed by atoms with Gasteiger partial charge in [0, 0.05) is 32.6 Å². The van der Waals surface area contributed by atoms with E-state index < -0.39 is 0 Å². The lowest BCUT2D eigenvalue weighted by molar-refractivity contribution is 0.122.